The van der Waals surface area contributed by atoms with Gasteiger partial charge in [-0.1, -0.05) is 124 Å². The lowest BCUT2D eigenvalue weighted by molar-refractivity contribution is 0.443. The molecule has 8 aromatic rings. The maximum absolute atomic E-state index is 2.50. The van der Waals surface area contributed by atoms with Crippen LogP contribution in [-0.4, -0.2) is 4.57 Å². The summed E-state index contributed by atoms with van der Waals surface area (Å²) in [5, 5.41) is 2.56. The zero-order valence-corrected chi connectivity index (χ0v) is 32.4. The molecule has 1 saturated carbocycles. The molecule has 0 amide bonds. The molecule has 0 radical (unpaired) electrons. The Labute approximate surface area is 325 Å². The minimum absolute atomic E-state index is 0.0915. The Morgan fingerprint density at radius 3 is 1.78 bits per heavy atom. The summed E-state index contributed by atoms with van der Waals surface area (Å²) in [6.45, 7) is 9.32. The van der Waals surface area contributed by atoms with E-state index in [0.717, 1.165) is 11.4 Å². The molecule has 0 N–H and O–H groups in total. The van der Waals surface area contributed by atoms with Crippen molar-refractivity contribution in [3.63, 3.8) is 0 Å². The SMILES string of the molecule is Cc1cc(-c2ccc(C3CCCCC3)cc2)cc(C)c1N(c1ccc(-n2c3ccccc3c3ccccc32)cc1)c1ccc2c(c1)C(C)(C)c1ccccc1-2. The molecular formula is C53H48N2. The zero-order valence-electron chi connectivity index (χ0n) is 32.4. The highest BCUT2D eigenvalue weighted by Gasteiger charge is 2.36. The predicted molar refractivity (Wildman–Crippen MR) is 234 cm³/mol. The number of hydrogen-bond acceptors (Lipinski definition) is 1. The summed E-state index contributed by atoms with van der Waals surface area (Å²) in [6, 6.07) is 57.0. The van der Waals surface area contributed by atoms with Crippen LogP contribution in [0.15, 0.2) is 152 Å². The first-order valence-corrected chi connectivity index (χ1v) is 20.2. The van der Waals surface area contributed by atoms with Crippen molar-refractivity contribution in [1.29, 1.82) is 0 Å². The first kappa shape index (κ1) is 33.7. The minimum atomic E-state index is -0.0915. The van der Waals surface area contributed by atoms with Gasteiger partial charge in [-0.25, -0.2) is 0 Å². The number of nitrogens with zero attached hydrogens (tertiary/aromatic N) is 2. The van der Waals surface area contributed by atoms with Crippen LogP contribution in [0.2, 0.25) is 0 Å². The monoisotopic (exact) mass is 712 g/mol. The lowest BCUT2D eigenvalue weighted by Crippen LogP contribution is -2.17. The Morgan fingerprint density at radius 1 is 0.527 bits per heavy atom. The van der Waals surface area contributed by atoms with E-state index in [2.05, 4.69) is 189 Å². The van der Waals surface area contributed by atoms with Crippen molar-refractivity contribution in [3.8, 4) is 27.9 Å². The van der Waals surface area contributed by atoms with Crippen molar-refractivity contribution < 1.29 is 0 Å². The number of anilines is 3. The molecule has 10 rings (SSSR count). The Hall–Kier alpha value is -5.86. The molecule has 0 saturated heterocycles. The number of fused-ring (bicyclic) bond motifs is 6. The fraction of sp³-hybridized carbons (Fsp3) is 0.208. The van der Waals surface area contributed by atoms with E-state index < -0.39 is 0 Å². The third-order valence-corrected chi connectivity index (χ3v) is 12.8. The van der Waals surface area contributed by atoms with Crippen LogP contribution in [0.4, 0.5) is 17.1 Å². The topological polar surface area (TPSA) is 8.17 Å². The standard InChI is InChI=1S/C53H48N2/c1-35-32-40(39-24-22-38(23-25-39)37-14-6-5-7-15-37)33-36(2)52(35)54(43-30-31-45-44-16-8-11-19-48(44)53(3,4)49(45)34-43)41-26-28-42(29-27-41)55-50-20-12-9-17-46(50)47-18-10-13-21-51(47)55/h8-13,16-34,37H,5-7,14-15H2,1-4H3. The van der Waals surface area contributed by atoms with Crippen molar-refractivity contribution in [2.24, 2.45) is 0 Å². The van der Waals surface area contributed by atoms with Crippen LogP contribution < -0.4 is 4.90 Å². The van der Waals surface area contributed by atoms with Crippen molar-refractivity contribution >= 4 is 38.9 Å². The molecule has 0 bridgehead atoms. The number of para-hydroxylation sites is 2. The summed E-state index contributed by atoms with van der Waals surface area (Å²) < 4.78 is 2.40. The summed E-state index contributed by atoms with van der Waals surface area (Å²) >= 11 is 0. The van der Waals surface area contributed by atoms with Crippen molar-refractivity contribution in [3.05, 3.63) is 179 Å². The summed E-state index contributed by atoms with van der Waals surface area (Å²) in [7, 11) is 0. The normalized spacial score (nSPS) is 15.0. The van der Waals surface area contributed by atoms with Gasteiger partial charge in [-0.3, -0.25) is 0 Å². The van der Waals surface area contributed by atoms with Gasteiger partial charge in [0.15, 0.2) is 0 Å². The second-order valence-electron chi connectivity index (χ2n) is 16.5. The summed E-state index contributed by atoms with van der Waals surface area (Å²) in [6.07, 6.45) is 6.76. The first-order chi connectivity index (χ1) is 26.9. The highest BCUT2D eigenvalue weighted by Crippen LogP contribution is 2.51. The second-order valence-corrected chi connectivity index (χ2v) is 16.5. The first-order valence-electron chi connectivity index (χ1n) is 20.2. The predicted octanol–water partition coefficient (Wildman–Crippen LogP) is 14.9. The third kappa shape index (κ3) is 5.53. The van der Waals surface area contributed by atoms with Crippen LogP contribution in [-0.2, 0) is 5.41 Å². The molecule has 2 aliphatic carbocycles. The van der Waals surface area contributed by atoms with Gasteiger partial charge in [0.2, 0.25) is 0 Å². The van der Waals surface area contributed by atoms with Gasteiger partial charge in [-0.05, 0) is 143 Å². The maximum atomic E-state index is 2.50. The van der Waals surface area contributed by atoms with E-state index in [-0.39, 0.29) is 5.41 Å². The Morgan fingerprint density at radius 2 is 1.11 bits per heavy atom. The average molecular weight is 713 g/mol. The van der Waals surface area contributed by atoms with E-state index in [9.17, 15) is 0 Å². The van der Waals surface area contributed by atoms with Crippen molar-refractivity contribution in [1.82, 2.24) is 4.57 Å². The van der Waals surface area contributed by atoms with Crippen LogP contribution in [0.3, 0.4) is 0 Å². The quantitative estimate of drug-likeness (QED) is 0.167. The van der Waals surface area contributed by atoms with Gasteiger partial charge < -0.3 is 9.47 Å². The van der Waals surface area contributed by atoms with Crippen molar-refractivity contribution in [2.45, 2.75) is 71.1 Å². The van der Waals surface area contributed by atoms with Gasteiger partial charge in [-0.2, -0.15) is 0 Å². The fourth-order valence-electron chi connectivity index (χ4n) is 10.0. The molecule has 1 fully saturated rings. The van der Waals surface area contributed by atoms with Crippen LogP contribution in [0.5, 0.6) is 0 Å². The van der Waals surface area contributed by atoms with Crippen LogP contribution in [0.25, 0.3) is 49.7 Å². The van der Waals surface area contributed by atoms with Crippen molar-refractivity contribution in [2.75, 3.05) is 4.90 Å². The molecule has 2 heteroatoms. The van der Waals surface area contributed by atoms with Gasteiger partial charge in [0.05, 0.1) is 16.7 Å². The van der Waals surface area contributed by atoms with E-state index in [1.165, 1.54) is 115 Å². The molecule has 7 aromatic carbocycles. The van der Waals surface area contributed by atoms with E-state index in [0.29, 0.717) is 5.92 Å². The zero-order chi connectivity index (χ0) is 37.3. The highest BCUT2D eigenvalue weighted by atomic mass is 15.1. The van der Waals surface area contributed by atoms with Crippen LogP contribution >= 0.6 is 0 Å². The number of aryl methyl sites for hydroxylation is 2. The molecule has 0 spiro atoms. The van der Waals surface area contributed by atoms with E-state index in [1.807, 2.05) is 0 Å². The fourth-order valence-corrected chi connectivity index (χ4v) is 10.0. The van der Waals surface area contributed by atoms with Gasteiger partial charge in [0, 0.05) is 33.2 Å². The molecule has 0 unspecified atom stereocenters. The molecule has 0 aliphatic heterocycles. The Kier molecular flexibility index (Phi) is 8.06. The molecule has 1 heterocycles. The molecular weight excluding hydrogens is 665 g/mol. The number of aromatic nitrogens is 1. The summed E-state index contributed by atoms with van der Waals surface area (Å²) in [5.74, 6) is 0.716. The Bertz CT molecular complexity index is 2640. The molecule has 2 nitrogen and oxygen atoms in total. The van der Waals surface area contributed by atoms with E-state index in [1.54, 1.807) is 0 Å². The molecule has 55 heavy (non-hydrogen) atoms. The van der Waals surface area contributed by atoms with E-state index in [4.69, 9.17) is 0 Å². The molecule has 2 aliphatic rings. The lowest BCUT2D eigenvalue weighted by atomic mass is 9.82. The van der Waals surface area contributed by atoms with Gasteiger partial charge in [-0.15, -0.1) is 0 Å². The smallest absolute Gasteiger partial charge is 0.0541 e. The largest absolute Gasteiger partial charge is 0.310 e. The summed E-state index contributed by atoms with van der Waals surface area (Å²) in [4.78, 5) is 2.50. The minimum Gasteiger partial charge on any atom is -0.310 e. The van der Waals surface area contributed by atoms with Gasteiger partial charge in [0.25, 0.3) is 0 Å². The van der Waals surface area contributed by atoms with Gasteiger partial charge >= 0.3 is 0 Å². The maximum Gasteiger partial charge on any atom is 0.0541 e. The average Bonchev–Trinajstić information content (AvgIpc) is 3.68. The molecule has 0 atom stereocenters. The number of hydrogen-bond donors (Lipinski definition) is 0. The lowest BCUT2D eigenvalue weighted by Gasteiger charge is -2.31. The number of rotatable bonds is 6. The van der Waals surface area contributed by atoms with Crippen LogP contribution in [0.1, 0.15) is 79.7 Å². The molecule has 1 aromatic heterocycles. The summed E-state index contributed by atoms with van der Waals surface area (Å²) in [5.41, 5.74) is 19.1. The highest BCUT2D eigenvalue weighted by molar-refractivity contribution is 6.09. The van der Waals surface area contributed by atoms with Gasteiger partial charge in [0.1, 0.15) is 0 Å². The van der Waals surface area contributed by atoms with Crippen LogP contribution in [0, 0.1) is 13.8 Å². The Balaban J connectivity index is 1.09. The van der Waals surface area contributed by atoms with E-state index >= 15 is 0 Å². The number of benzene rings is 7. The second kappa shape index (κ2) is 13.2. The third-order valence-electron chi connectivity index (χ3n) is 12.8. The molecule has 270 valence electrons.